The molecule has 0 saturated heterocycles. The third-order valence-corrected chi connectivity index (χ3v) is 1.34. The maximum atomic E-state index is 4.87. The van der Waals surface area contributed by atoms with Crippen LogP contribution in [0.2, 0.25) is 0 Å². The van der Waals surface area contributed by atoms with Crippen LogP contribution in [0.5, 0.6) is 0 Å². The monoisotopic (exact) mass is 172 g/mol. The maximum absolute atomic E-state index is 4.87. The highest BCUT2D eigenvalue weighted by Crippen LogP contribution is 1.93. The molecule has 1 aromatic rings. The van der Waals surface area contributed by atoms with E-state index in [2.05, 4.69) is 15.1 Å². The molecular formula is C6H12N4O2. The summed E-state index contributed by atoms with van der Waals surface area (Å²) >= 11 is 0. The fraction of sp³-hybridized carbons (Fsp3) is 0.667. The van der Waals surface area contributed by atoms with Gasteiger partial charge in [0.05, 0.1) is 19.3 Å². The first kappa shape index (κ1) is 9.11. The summed E-state index contributed by atoms with van der Waals surface area (Å²) < 4.78 is 6.55. The molecule has 68 valence electrons. The molecule has 0 aromatic carbocycles. The van der Waals surface area contributed by atoms with E-state index in [4.69, 9.17) is 10.6 Å². The van der Waals surface area contributed by atoms with Crippen LogP contribution in [0.3, 0.4) is 0 Å². The molecule has 0 bridgehead atoms. The van der Waals surface area contributed by atoms with Crippen molar-refractivity contribution >= 4 is 0 Å². The number of hydrogen-bond acceptors (Lipinski definition) is 5. The molecule has 0 aliphatic carbocycles. The molecule has 6 heteroatoms. The van der Waals surface area contributed by atoms with E-state index in [0.29, 0.717) is 18.8 Å². The number of rotatable bonds is 5. The molecule has 1 heterocycles. The summed E-state index contributed by atoms with van der Waals surface area (Å²) in [5.41, 5.74) is 0.716. The minimum atomic E-state index is 0.285. The van der Waals surface area contributed by atoms with Crippen molar-refractivity contribution in [3.63, 3.8) is 0 Å². The van der Waals surface area contributed by atoms with E-state index in [1.807, 2.05) is 0 Å². The minimum absolute atomic E-state index is 0.285. The Balaban J connectivity index is 2.41. The molecule has 0 fully saturated rings. The van der Waals surface area contributed by atoms with Crippen molar-refractivity contribution in [2.24, 2.45) is 5.90 Å². The first-order chi connectivity index (χ1) is 5.86. The van der Waals surface area contributed by atoms with Gasteiger partial charge in [-0.05, 0) is 0 Å². The standard InChI is InChI=1S/C6H12N4O2/c1-11-3-2-10-4-6(5-12-7)8-9-10/h4H,2-3,5,7H2,1H3. The smallest absolute Gasteiger partial charge is 0.113 e. The first-order valence-electron chi connectivity index (χ1n) is 3.56. The SMILES string of the molecule is COCCn1cc(CON)nn1. The van der Waals surface area contributed by atoms with E-state index in [-0.39, 0.29) is 6.61 Å². The van der Waals surface area contributed by atoms with E-state index >= 15 is 0 Å². The van der Waals surface area contributed by atoms with Crippen molar-refractivity contribution in [3.05, 3.63) is 11.9 Å². The normalized spacial score (nSPS) is 10.5. The van der Waals surface area contributed by atoms with Gasteiger partial charge in [-0.3, -0.25) is 4.84 Å². The molecule has 0 atom stereocenters. The van der Waals surface area contributed by atoms with Gasteiger partial charge in [-0.25, -0.2) is 10.6 Å². The van der Waals surface area contributed by atoms with Crippen LogP contribution >= 0.6 is 0 Å². The lowest BCUT2D eigenvalue weighted by Gasteiger charge is -1.96. The highest BCUT2D eigenvalue weighted by atomic mass is 16.6. The quantitative estimate of drug-likeness (QED) is 0.595. The van der Waals surface area contributed by atoms with Gasteiger partial charge in [-0.1, -0.05) is 5.21 Å². The lowest BCUT2D eigenvalue weighted by atomic mass is 10.5. The Hall–Kier alpha value is -0.980. The van der Waals surface area contributed by atoms with Gasteiger partial charge in [-0.2, -0.15) is 0 Å². The second-order valence-electron chi connectivity index (χ2n) is 2.28. The molecule has 0 aliphatic heterocycles. The topological polar surface area (TPSA) is 75.2 Å². The predicted molar refractivity (Wildman–Crippen MR) is 40.9 cm³/mol. The Labute approximate surface area is 70.2 Å². The molecule has 0 radical (unpaired) electrons. The molecule has 0 aliphatic rings. The largest absolute Gasteiger partial charge is 0.383 e. The number of hydrogen-bond donors (Lipinski definition) is 1. The van der Waals surface area contributed by atoms with Crippen molar-refractivity contribution in [1.29, 1.82) is 0 Å². The van der Waals surface area contributed by atoms with E-state index in [1.54, 1.807) is 18.0 Å². The highest BCUT2D eigenvalue weighted by Gasteiger charge is 1.98. The summed E-state index contributed by atoms with van der Waals surface area (Å²) in [5.74, 6) is 4.87. The second-order valence-corrected chi connectivity index (χ2v) is 2.28. The molecule has 12 heavy (non-hydrogen) atoms. The summed E-state index contributed by atoms with van der Waals surface area (Å²) in [6.07, 6.45) is 1.77. The summed E-state index contributed by atoms with van der Waals surface area (Å²) in [6, 6.07) is 0. The summed E-state index contributed by atoms with van der Waals surface area (Å²) in [7, 11) is 1.64. The zero-order valence-electron chi connectivity index (χ0n) is 6.93. The summed E-state index contributed by atoms with van der Waals surface area (Å²) in [5, 5.41) is 7.63. The Bertz CT molecular complexity index is 225. The van der Waals surface area contributed by atoms with Crippen LogP contribution in [0.1, 0.15) is 5.69 Å². The molecular weight excluding hydrogens is 160 g/mol. The Morgan fingerprint density at radius 3 is 3.17 bits per heavy atom. The molecule has 1 aromatic heterocycles. The van der Waals surface area contributed by atoms with E-state index in [9.17, 15) is 0 Å². The van der Waals surface area contributed by atoms with Crippen LogP contribution in [0.4, 0.5) is 0 Å². The Morgan fingerprint density at radius 1 is 1.67 bits per heavy atom. The van der Waals surface area contributed by atoms with Crippen molar-refractivity contribution in [2.75, 3.05) is 13.7 Å². The van der Waals surface area contributed by atoms with Crippen LogP contribution in [-0.2, 0) is 22.7 Å². The fourth-order valence-corrected chi connectivity index (χ4v) is 0.784. The second kappa shape index (κ2) is 4.81. The van der Waals surface area contributed by atoms with Crippen LogP contribution in [0.15, 0.2) is 6.20 Å². The van der Waals surface area contributed by atoms with Crippen LogP contribution in [0, 0.1) is 0 Å². The molecule has 0 saturated carbocycles. The maximum Gasteiger partial charge on any atom is 0.113 e. The third kappa shape index (κ3) is 2.57. The van der Waals surface area contributed by atoms with Crippen LogP contribution in [-0.4, -0.2) is 28.7 Å². The number of nitrogens with two attached hydrogens (primary N) is 1. The van der Waals surface area contributed by atoms with Gasteiger partial charge in [-0.15, -0.1) is 5.10 Å². The van der Waals surface area contributed by atoms with Crippen molar-refractivity contribution in [1.82, 2.24) is 15.0 Å². The summed E-state index contributed by atoms with van der Waals surface area (Å²) in [6.45, 7) is 1.59. The molecule has 1 rings (SSSR count). The van der Waals surface area contributed by atoms with Gasteiger partial charge in [0.2, 0.25) is 0 Å². The third-order valence-electron chi connectivity index (χ3n) is 1.34. The van der Waals surface area contributed by atoms with Crippen LogP contribution < -0.4 is 5.90 Å². The van der Waals surface area contributed by atoms with Crippen molar-refractivity contribution < 1.29 is 9.57 Å². The predicted octanol–water partition coefficient (Wildman–Crippen LogP) is -0.685. The van der Waals surface area contributed by atoms with Gasteiger partial charge < -0.3 is 4.74 Å². The lowest BCUT2D eigenvalue weighted by molar-refractivity contribution is 0.121. The molecule has 0 amide bonds. The Morgan fingerprint density at radius 2 is 2.50 bits per heavy atom. The molecule has 6 nitrogen and oxygen atoms in total. The van der Waals surface area contributed by atoms with Crippen molar-refractivity contribution in [2.45, 2.75) is 13.2 Å². The van der Waals surface area contributed by atoms with Gasteiger partial charge >= 0.3 is 0 Å². The average molecular weight is 172 g/mol. The van der Waals surface area contributed by atoms with E-state index < -0.39 is 0 Å². The van der Waals surface area contributed by atoms with E-state index in [0.717, 1.165) is 0 Å². The number of nitrogens with zero attached hydrogens (tertiary/aromatic N) is 3. The Kier molecular flexibility index (Phi) is 3.65. The highest BCUT2D eigenvalue weighted by molar-refractivity contribution is 4.89. The van der Waals surface area contributed by atoms with Gasteiger partial charge in [0, 0.05) is 7.11 Å². The minimum Gasteiger partial charge on any atom is -0.383 e. The molecule has 0 unspecified atom stereocenters. The van der Waals surface area contributed by atoms with Crippen LogP contribution in [0.25, 0.3) is 0 Å². The zero-order valence-corrected chi connectivity index (χ0v) is 6.93. The average Bonchev–Trinajstić information content (AvgIpc) is 2.50. The number of ether oxygens (including phenoxy) is 1. The molecule has 0 spiro atoms. The molecule has 2 N–H and O–H groups in total. The van der Waals surface area contributed by atoms with Gasteiger partial charge in [0.15, 0.2) is 0 Å². The van der Waals surface area contributed by atoms with Crippen molar-refractivity contribution in [3.8, 4) is 0 Å². The first-order valence-corrected chi connectivity index (χ1v) is 3.56. The van der Waals surface area contributed by atoms with Gasteiger partial charge in [0.25, 0.3) is 0 Å². The summed E-state index contributed by atoms with van der Waals surface area (Å²) in [4.78, 5) is 4.40. The zero-order chi connectivity index (χ0) is 8.81. The fourth-order valence-electron chi connectivity index (χ4n) is 0.784. The lowest BCUT2D eigenvalue weighted by Crippen LogP contribution is -2.04. The van der Waals surface area contributed by atoms with E-state index in [1.165, 1.54) is 0 Å². The number of methoxy groups -OCH3 is 1. The number of aromatic nitrogens is 3. The van der Waals surface area contributed by atoms with Gasteiger partial charge in [0.1, 0.15) is 12.3 Å².